The summed E-state index contributed by atoms with van der Waals surface area (Å²) in [5, 5.41) is 9.86. The van der Waals surface area contributed by atoms with Gasteiger partial charge in [0.15, 0.2) is 0 Å². The van der Waals surface area contributed by atoms with Crippen molar-refractivity contribution in [1.29, 1.82) is 0 Å². The maximum absolute atomic E-state index is 11.9. The van der Waals surface area contributed by atoms with Crippen molar-refractivity contribution < 1.29 is 4.79 Å². The fourth-order valence-electron chi connectivity index (χ4n) is 1.86. The van der Waals surface area contributed by atoms with Gasteiger partial charge >= 0.3 is 0 Å². The van der Waals surface area contributed by atoms with Gasteiger partial charge in [-0.1, -0.05) is 13.8 Å². The number of aromatic nitrogens is 2. The molecule has 94 valence electrons. The second kappa shape index (κ2) is 4.87. The Balaban J connectivity index is 1.98. The number of nitrogens with zero attached hydrogens (tertiary/aromatic N) is 1. The highest BCUT2D eigenvalue weighted by Gasteiger charge is 2.31. The van der Waals surface area contributed by atoms with E-state index in [1.165, 1.54) is 12.8 Å². The first-order valence-corrected chi connectivity index (χ1v) is 6.18. The Morgan fingerprint density at radius 2 is 2.35 bits per heavy atom. The van der Waals surface area contributed by atoms with Gasteiger partial charge in [0.25, 0.3) is 5.91 Å². The monoisotopic (exact) mass is 236 g/mol. The molecule has 1 atom stereocenters. The Morgan fingerprint density at radius 3 is 2.82 bits per heavy atom. The minimum atomic E-state index is -0.129. The zero-order chi connectivity index (χ0) is 12.4. The summed E-state index contributed by atoms with van der Waals surface area (Å²) in [5.41, 5.74) is 7.08. The lowest BCUT2D eigenvalue weighted by atomic mass is 10.1. The number of amides is 1. The molecule has 0 radical (unpaired) electrons. The lowest BCUT2D eigenvalue weighted by Crippen LogP contribution is -2.41. The third-order valence-electron chi connectivity index (χ3n) is 3.21. The van der Waals surface area contributed by atoms with E-state index in [4.69, 9.17) is 5.73 Å². The largest absolute Gasteiger partial charge is 0.346 e. The standard InChI is InChI=1S/C12H20N4O/c1-7(2)9-5-10(16-15-9)12(17)14-11(6-13)8-3-4-8/h5,7-8,11H,3-4,6,13H2,1-2H3,(H,14,17)(H,15,16). The van der Waals surface area contributed by atoms with Crippen LogP contribution in [-0.2, 0) is 0 Å². The number of carbonyl (C=O) groups excluding carboxylic acids is 1. The van der Waals surface area contributed by atoms with E-state index >= 15 is 0 Å². The van der Waals surface area contributed by atoms with Crippen LogP contribution < -0.4 is 11.1 Å². The average molecular weight is 236 g/mol. The van der Waals surface area contributed by atoms with Crippen molar-refractivity contribution in [3.63, 3.8) is 0 Å². The molecule has 0 saturated heterocycles. The smallest absolute Gasteiger partial charge is 0.272 e. The van der Waals surface area contributed by atoms with Crippen molar-refractivity contribution in [2.45, 2.75) is 38.6 Å². The summed E-state index contributed by atoms with van der Waals surface area (Å²) in [5.74, 6) is 0.778. The van der Waals surface area contributed by atoms with E-state index in [-0.39, 0.29) is 11.9 Å². The van der Waals surface area contributed by atoms with E-state index in [1.54, 1.807) is 6.07 Å². The SMILES string of the molecule is CC(C)c1cc(C(=O)NC(CN)C2CC2)n[nH]1. The van der Waals surface area contributed by atoms with Crippen LogP contribution >= 0.6 is 0 Å². The van der Waals surface area contributed by atoms with Gasteiger partial charge in [-0.2, -0.15) is 5.10 Å². The quantitative estimate of drug-likeness (QED) is 0.713. The molecule has 0 aromatic carbocycles. The summed E-state index contributed by atoms with van der Waals surface area (Å²) >= 11 is 0. The molecule has 2 rings (SSSR count). The number of H-pyrrole nitrogens is 1. The maximum atomic E-state index is 11.9. The number of nitrogens with two attached hydrogens (primary N) is 1. The van der Waals surface area contributed by atoms with Crippen molar-refractivity contribution in [3.05, 3.63) is 17.5 Å². The zero-order valence-corrected chi connectivity index (χ0v) is 10.4. The minimum Gasteiger partial charge on any atom is -0.346 e. The third-order valence-corrected chi connectivity index (χ3v) is 3.21. The molecule has 1 aromatic rings. The fraction of sp³-hybridized carbons (Fsp3) is 0.667. The van der Waals surface area contributed by atoms with Crippen LogP contribution in [0.3, 0.4) is 0 Å². The van der Waals surface area contributed by atoms with Gasteiger partial charge in [-0.15, -0.1) is 0 Å². The molecule has 5 heteroatoms. The van der Waals surface area contributed by atoms with E-state index in [0.29, 0.717) is 24.1 Å². The molecule has 0 spiro atoms. The second-order valence-corrected chi connectivity index (χ2v) is 5.02. The topological polar surface area (TPSA) is 83.8 Å². The van der Waals surface area contributed by atoms with Crippen LogP contribution in [-0.4, -0.2) is 28.7 Å². The summed E-state index contributed by atoms with van der Waals surface area (Å²) in [6.45, 7) is 4.61. The summed E-state index contributed by atoms with van der Waals surface area (Å²) in [7, 11) is 0. The van der Waals surface area contributed by atoms with E-state index in [9.17, 15) is 4.79 Å². The Morgan fingerprint density at radius 1 is 1.65 bits per heavy atom. The van der Waals surface area contributed by atoms with Crippen LogP contribution in [0, 0.1) is 5.92 Å². The van der Waals surface area contributed by atoms with Gasteiger partial charge < -0.3 is 11.1 Å². The first-order chi connectivity index (χ1) is 8.11. The highest BCUT2D eigenvalue weighted by Crippen LogP contribution is 2.32. The van der Waals surface area contributed by atoms with Gasteiger partial charge in [0.2, 0.25) is 0 Å². The van der Waals surface area contributed by atoms with E-state index in [2.05, 4.69) is 29.4 Å². The van der Waals surface area contributed by atoms with E-state index < -0.39 is 0 Å². The third kappa shape index (κ3) is 2.85. The van der Waals surface area contributed by atoms with Gasteiger partial charge in [-0.25, -0.2) is 0 Å². The summed E-state index contributed by atoms with van der Waals surface area (Å²) in [6.07, 6.45) is 2.33. The predicted molar refractivity (Wildman–Crippen MR) is 65.7 cm³/mol. The van der Waals surface area contributed by atoms with Gasteiger partial charge in [0.1, 0.15) is 5.69 Å². The molecule has 1 aliphatic carbocycles. The summed E-state index contributed by atoms with van der Waals surface area (Å²) < 4.78 is 0. The van der Waals surface area contributed by atoms with E-state index in [0.717, 1.165) is 5.69 Å². The van der Waals surface area contributed by atoms with Crippen LogP contribution in [0.25, 0.3) is 0 Å². The molecule has 1 heterocycles. The molecule has 4 N–H and O–H groups in total. The number of carbonyl (C=O) groups is 1. The lowest BCUT2D eigenvalue weighted by molar-refractivity contribution is 0.0928. The molecule has 5 nitrogen and oxygen atoms in total. The minimum absolute atomic E-state index is 0.0988. The fourth-order valence-corrected chi connectivity index (χ4v) is 1.86. The van der Waals surface area contributed by atoms with Crippen molar-refractivity contribution in [2.24, 2.45) is 11.7 Å². The molecular weight excluding hydrogens is 216 g/mol. The van der Waals surface area contributed by atoms with Crippen molar-refractivity contribution in [3.8, 4) is 0 Å². The highest BCUT2D eigenvalue weighted by atomic mass is 16.2. The first-order valence-electron chi connectivity index (χ1n) is 6.18. The van der Waals surface area contributed by atoms with E-state index in [1.807, 2.05) is 0 Å². The molecule has 0 bridgehead atoms. The van der Waals surface area contributed by atoms with Gasteiger partial charge in [-0.05, 0) is 30.7 Å². The number of hydrogen-bond donors (Lipinski definition) is 3. The zero-order valence-electron chi connectivity index (χ0n) is 10.4. The Kier molecular flexibility index (Phi) is 3.47. The van der Waals surface area contributed by atoms with Crippen LogP contribution in [0.4, 0.5) is 0 Å². The van der Waals surface area contributed by atoms with Crippen molar-refractivity contribution >= 4 is 5.91 Å². The highest BCUT2D eigenvalue weighted by molar-refractivity contribution is 5.92. The molecule has 1 saturated carbocycles. The molecule has 1 unspecified atom stereocenters. The molecule has 1 amide bonds. The summed E-state index contributed by atoms with van der Waals surface area (Å²) in [6, 6.07) is 1.90. The molecule has 1 aliphatic rings. The number of hydrogen-bond acceptors (Lipinski definition) is 3. The molecule has 1 fully saturated rings. The molecule has 1 aromatic heterocycles. The molecular formula is C12H20N4O. The lowest BCUT2D eigenvalue weighted by Gasteiger charge is -2.14. The van der Waals surface area contributed by atoms with Crippen LogP contribution in [0.1, 0.15) is 48.8 Å². The molecule has 17 heavy (non-hydrogen) atoms. The Bertz CT molecular complexity index is 395. The first kappa shape index (κ1) is 12.1. The average Bonchev–Trinajstić information content (AvgIpc) is 3.01. The Labute approximate surface area is 101 Å². The van der Waals surface area contributed by atoms with Crippen LogP contribution in [0.2, 0.25) is 0 Å². The van der Waals surface area contributed by atoms with Crippen LogP contribution in [0.15, 0.2) is 6.07 Å². The van der Waals surface area contributed by atoms with Crippen LogP contribution in [0.5, 0.6) is 0 Å². The normalized spacial score (nSPS) is 17.2. The molecule has 0 aliphatic heterocycles. The number of rotatable bonds is 5. The maximum Gasteiger partial charge on any atom is 0.272 e. The predicted octanol–water partition coefficient (Wildman–Crippen LogP) is 1.00. The van der Waals surface area contributed by atoms with Crippen molar-refractivity contribution in [1.82, 2.24) is 15.5 Å². The second-order valence-electron chi connectivity index (χ2n) is 5.02. The van der Waals surface area contributed by atoms with Gasteiger partial charge in [-0.3, -0.25) is 9.89 Å². The number of aromatic amines is 1. The van der Waals surface area contributed by atoms with Gasteiger partial charge in [0.05, 0.1) is 0 Å². The Hall–Kier alpha value is -1.36. The van der Waals surface area contributed by atoms with Gasteiger partial charge in [0, 0.05) is 18.3 Å². The van der Waals surface area contributed by atoms with Crippen molar-refractivity contribution in [2.75, 3.05) is 6.54 Å². The summed E-state index contributed by atoms with van der Waals surface area (Å²) in [4.78, 5) is 11.9. The number of nitrogens with one attached hydrogen (secondary N) is 2.